The van der Waals surface area contributed by atoms with Crippen LogP contribution in [0.15, 0.2) is 42.5 Å². The lowest BCUT2D eigenvalue weighted by atomic mass is 10.3. The van der Waals surface area contributed by atoms with Gasteiger partial charge < -0.3 is 15.5 Å². The van der Waals surface area contributed by atoms with Crippen LogP contribution in [0.2, 0.25) is 5.02 Å². The van der Waals surface area contributed by atoms with Gasteiger partial charge in [0.05, 0.1) is 29.0 Å². The number of aliphatic carboxylic acids is 2. The lowest BCUT2D eigenvalue weighted by Crippen LogP contribution is -2.30. The van der Waals surface area contributed by atoms with Gasteiger partial charge in [-0.25, -0.2) is 19.0 Å². The molecular weight excluding hydrogens is 437 g/mol. The second kappa shape index (κ2) is 10.6. The Kier molecular flexibility index (Phi) is 8.22. The topological polar surface area (TPSA) is 120 Å². The van der Waals surface area contributed by atoms with Gasteiger partial charge in [0, 0.05) is 5.02 Å². The molecule has 0 bridgehead atoms. The number of fused-ring (bicyclic) bond motifs is 1. The van der Waals surface area contributed by atoms with Crippen LogP contribution in [0.1, 0.15) is 5.01 Å². The predicted molar refractivity (Wildman–Crippen MR) is 111 cm³/mol. The Morgan fingerprint density at radius 3 is 2.43 bits per heavy atom. The van der Waals surface area contributed by atoms with E-state index in [1.807, 2.05) is 36.2 Å². The van der Waals surface area contributed by atoms with Crippen LogP contribution in [-0.4, -0.2) is 51.5 Å². The maximum atomic E-state index is 13.7. The summed E-state index contributed by atoms with van der Waals surface area (Å²) in [6, 6.07) is 12.1. The maximum Gasteiger partial charge on any atom is 0.414 e. The van der Waals surface area contributed by atoms with E-state index < -0.39 is 17.8 Å². The van der Waals surface area contributed by atoms with Crippen LogP contribution in [0.3, 0.4) is 0 Å². The summed E-state index contributed by atoms with van der Waals surface area (Å²) >= 11 is 7.30. The number of likely N-dealkylation sites (N-methyl/N-ethyl adjacent to an activating group) is 1. The fourth-order valence-corrected chi connectivity index (χ4v) is 3.51. The normalized spacial score (nSPS) is 10.4. The van der Waals surface area contributed by atoms with Crippen molar-refractivity contribution in [2.45, 2.75) is 6.54 Å². The van der Waals surface area contributed by atoms with E-state index in [-0.39, 0.29) is 18.1 Å². The van der Waals surface area contributed by atoms with Gasteiger partial charge in [0.2, 0.25) is 5.91 Å². The molecule has 11 heteroatoms. The van der Waals surface area contributed by atoms with E-state index in [0.717, 1.165) is 15.2 Å². The van der Waals surface area contributed by atoms with Gasteiger partial charge in [0.1, 0.15) is 10.8 Å². The molecule has 0 atom stereocenters. The molecule has 0 saturated heterocycles. The van der Waals surface area contributed by atoms with Crippen LogP contribution in [0.5, 0.6) is 0 Å². The van der Waals surface area contributed by atoms with Crippen molar-refractivity contribution in [2.75, 3.05) is 18.9 Å². The summed E-state index contributed by atoms with van der Waals surface area (Å²) in [5.74, 6) is -4.49. The second-order valence-corrected chi connectivity index (χ2v) is 7.58. The molecule has 0 unspecified atom stereocenters. The minimum Gasteiger partial charge on any atom is -0.473 e. The number of para-hydroxylation sites is 1. The van der Waals surface area contributed by atoms with Gasteiger partial charge in [-0.15, -0.1) is 11.3 Å². The van der Waals surface area contributed by atoms with Crippen molar-refractivity contribution in [1.29, 1.82) is 0 Å². The Hall–Kier alpha value is -3.08. The van der Waals surface area contributed by atoms with Crippen LogP contribution in [0, 0.1) is 5.82 Å². The smallest absolute Gasteiger partial charge is 0.414 e. The molecule has 0 aliphatic heterocycles. The monoisotopic (exact) mass is 453 g/mol. The van der Waals surface area contributed by atoms with Crippen LogP contribution >= 0.6 is 22.9 Å². The number of thiazole rings is 1. The number of carboxylic acid groups (broad SMARTS) is 2. The molecule has 0 aliphatic carbocycles. The zero-order valence-corrected chi connectivity index (χ0v) is 17.2. The molecule has 2 aromatic carbocycles. The number of nitrogens with one attached hydrogen (secondary N) is 1. The van der Waals surface area contributed by atoms with E-state index in [0.29, 0.717) is 11.6 Å². The highest BCUT2D eigenvalue weighted by Gasteiger charge is 2.12. The number of carboxylic acids is 2. The number of halogens is 2. The Bertz CT molecular complexity index is 1030. The quantitative estimate of drug-likeness (QED) is 0.507. The third-order valence-electron chi connectivity index (χ3n) is 3.55. The molecule has 1 aromatic heterocycles. The number of benzene rings is 2. The standard InChI is InChI=1S/C17H15ClFN3OS.C2H2O4/c1-22(10-17-21-14-4-2-3-5-15(14)24-17)9-16(23)20-13-7-6-11(18)8-12(13)19;3-1(4)2(5)6/h2-8H,9-10H2,1H3,(H,20,23);(H,3,4)(H,5,6). The number of rotatable bonds is 5. The van der Waals surface area contributed by atoms with E-state index in [2.05, 4.69) is 10.3 Å². The Morgan fingerprint density at radius 2 is 1.83 bits per heavy atom. The molecule has 0 spiro atoms. The average Bonchev–Trinajstić information content (AvgIpc) is 3.06. The summed E-state index contributed by atoms with van der Waals surface area (Å²) in [6.45, 7) is 0.688. The van der Waals surface area contributed by atoms with Crippen molar-refractivity contribution in [3.8, 4) is 0 Å². The molecule has 30 heavy (non-hydrogen) atoms. The average molecular weight is 454 g/mol. The number of amides is 1. The molecule has 1 heterocycles. The third-order valence-corrected chi connectivity index (χ3v) is 4.80. The minimum atomic E-state index is -1.82. The zero-order valence-electron chi connectivity index (χ0n) is 15.6. The van der Waals surface area contributed by atoms with E-state index in [4.69, 9.17) is 31.4 Å². The minimum absolute atomic E-state index is 0.123. The van der Waals surface area contributed by atoms with Crippen LogP contribution in [0.25, 0.3) is 10.2 Å². The highest BCUT2D eigenvalue weighted by Crippen LogP contribution is 2.22. The van der Waals surface area contributed by atoms with Crippen LogP contribution in [-0.2, 0) is 20.9 Å². The van der Waals surface area contributed by atoms with Crippen molar-refractivity contribution in [3.63, 3.8) is 0 Å². The van der Waals surface area contributed by atoms with Crippen molar-refractivity contribution >= 4 is 56.7 Å². The third kappa shape index (κ3) is 7.07. The maximum absolute atomic E-state index is 13.7. The Labute approximate surface area is 179 Å². The van der Waals surface area contributed by atoms with Gasteiger partial charge >= 0.3 is 11.9 Å². The van der Waals surface area contributed by atoms with Gasteiger partial charge in [0.15, 0.2) is 0 Å². The summed E-state index contributed by atoms with van der Waals surface area (Å²) < 4.78 is 14.8. The second-order valence-electron chi connectivity index (χ2n) is 6.03. The number of carbonyl (C=O) groups is 3. The number of hydrogen-bond acceptors (Lipinski definition) is 6. The van der Waals surface area contributed by atoms with Gasteiger partial charge in [-0.2, -0.15) is 0 Å². The van der Waals surface area contributed by atoms with Gasteiger partial charge in [-0.1, -0.05) is 23.7 Å². The van der Waals surface area contributed by atoms with E-state index in [9.17, 15) is 9.18 Å². The van der Waals surface area contributed by atoms with Gasteiger partial charge in [0.25, 0.3) is 0 Å². The zero-order chi connectivity index (χ0) is 22.3. The molecule has 0 radical (unpaired) electrons. The number of nitrogens with zero attached hydrogens (tertiary/aromatic N) is 2. The first-order chi connectivity index (χ1) is 14.2. The summed E-state index contributed by atoms with van der Waals surface area (Å²) in [6.07, 6.45) is 0. The molecule has 8 nitrogen and oxygen atoms in total. The highest BCUT2D eigenvalue weighted by atomic mass is 35.5. The summed E-state index contributed by atoms with van der Waals surface area (Å²) in [7, 11) is 1.82. The number of hydrogen-bond donors (Lipinski definition) is 3. The lowest BCUT2D eigenvalue weighted by molar-refractivity contribution is -0.159. The first-order valence-electron chi connectivity index (χ1n) is 8.40. The number of carbonyl (C=O) groups excluding carboxylic acids is 1. The SMILES string of the molecule is CN(CC(=O)Nc1ccc(Cl)cc1F)Cc1nc2ccccc2s1.O=C(O)C(=O)O. The summed E-state index contributed by atoms with van der Waals surface area (Å²) in [5, 5.41) is 18.6. The van der Waals surface area contributed by atoms with Gasteiger partial charge in [-0.05, 0) is 37.4 Å². The van der Waals surface area contributed by atoms with Crippen molar-refractivity contribution in [2.24, 2.45) is 0 Å². The van der Waals surface area contributed by atoms with Crippen LogP contribution < -0.4 is 5.32 Å². The van der Waals surface area contributed by atoms with E-state index >= 15 is 0 Å². The lowest BCUT2D eigenvalue weighted by Gasteiger charge is -2.15. The Morgan fingerprint density at radius 1 is 1.17 bits per heavy atom. The number of anilines is 1. The number of aromatic nitrogens is 1. The first kappa shape index (κ1) is 23.2. The summed E-state index contributed by atoms with van der Waals surface area (Å²) in [4.78, 5) is 36.6. The van der Waals surface area contributed by atoms with E-state index in [1.165, 1.54) is 18.2 Å². The molecule has 0 saturated carbocycles. The molecule has 0 aliphatic rings. The summed E-state index contributed by atoms with van der Waals surface area (Å²) in [5.41, 5.74) is 1.08. The van der Waals surface area contributed by atoms with Gasteiger partial charge in [-0.3, -0.25) is 9.69 Å². The van der Waals surface area contributed by atoms with Crippen molar-refractivity contribution in [1.82, 2.24) is 9.88 Å². The first-order valence-corrected chi connectivity index (χ1v) is 9.59. The fourth-order valence-electron chi connectivity index (χ4n) is 2.30. The molecule has 3 N–H and O–H groups in total. The molecule has 158 valence electrons. The predicted octanol–water partition coefficient (Wildman–Crippen LogP) is 3.31. The molecular formula is C19H17ClFN3O5S. The largest absolute Gasteiger partial charge is 0.473 e. The molecule has 3 aromatic rings. The van der Waals surface area contributed by atoms with Crippen molar-refractivity contribution in [3.05, 3.63) is 58.3 Å². The fraction of sp³-hybridized carbons (Fsp3) is 0.158. The molecule has 1 amide bonds. The Balaban J connectivity index is 0.000000469. The molecule has 0 fully saturated rings. The van der Waals surface area contributed by atoms with E-state index in [1.54, 1.807) is 11.3 Å². The van der Waals surface area contributed by atoms with Crippen molar-refractivity contribution < 1.29 is 29.0 Å². The highest BCUT2D eigenvalue weighted by molar-refractivity contribution is 7.18. The molecule has 3 rings (SSSR count). The van der Waals surface area contributed by atoms with Crippen LogP contribution in [0.4, 0.5) is 10.1 Å².